The van der Waals surface area contributed by atoms with Gasteiger partial charge in [-0.25, -0.2) is 4.79 Å². The van der Waals surface area contributed by atoms with Crippen molar-refractivity contribution in [3.63, 3.8) is 0 Å². The van der Waals surface area contributed by atoms with E-state index in [9.17, 15) is 4.79 Å². The second kappa shape index (κ2) is 7.70. The molecule has 0 saturated heterocycles. The maximum absolute atomic E-state index is 11.5. The van der Waals surface area contributed by atoms with Gasteiger partial charge in [0.1, 0.15) is 5.60 Å². The molecule has 19 heavy (non-hydrogen) atoms. The van der Waals surface area contributed by atoms with Crippen molar-refractivity contribution in [2.24, 2.45) is 5.41 Å². The molecule has 1 atom stereocenters. The zero-order chi connectivity index (χ0) is 15.1. The van der Waals surface area contributed by atoms with E-state index in [-0.39, 0.29) is 24.2 Å². The van der Waals surface area contributed by atoms with Crippen molar-refractivity contribution in [1.29, 1.82) is 0 Å². The summed E-state index contributed by atoms with van der Waals surface area (Å²) in [5.41, 5.74) is -0.574. The van der Waals surface area contributed by atoms with Gasteiger partial charge < -0.3 is 20.5 Å². The Kier molecular flexibility index (Phi) is 7.37. The van der Waals surface area contributed by atoms with E-state index in [1.54, 1.807) is 0 Å². The van der Waals surface area contributed by atoms with Crippen LogP contribution in [0.4, 0.5) is 4.79 Å². The van der Waals surface area contributed by atoms with Gasteiger partial charge in [-0.3, -0.25) is 0 Å². The summed E-state index contributed by atoms with van der Waals surface area (Å²) in [7, 11) is 0. The van der Waals surface area contributed by atoms with E-state index >= 15 is 0 Å². The normalized spacial score (nSPS) is 14.1. The first-order valence-electron chi connectivity index (χ1n) is 6.87. The minimum absolute atomic E-state index is 0.0552. The lowest BCUT2D eigenvalue weighted by atomic mass is 9.95. The average Bonchev–Trinajstić information content (AvgIpc) is 2.21. The summed E-state index contributed by atoms with van der Waals surface area (Å²) >= 11 is 0. The SMILES string of the molecule is CC(CCNCC(C)(C)CO)NC(=O)OC(C)(C)C. The molecule has 0 fully saturated rings. The number of ether oxygens (including phenoxy) is 1. The van der Waals surface area contributed by atoms with Gasteiger partial charge >= 0.3 is 6.09 Å². The molecule has 5 nitrogen and oxygen atoms in total. The van der Waals surface area contributed by atoms with Crippen LogP contribution in [0.1, 0.15) is 48.0 Å². The highest BCUT2D eigenvalue weighted by atomic mass is 16.6. The standard InChI is InChI=1S/C14H30N2O3/c1-11(16-12(18)19-13(2,3)4)7-8-15-9-14(5,6)10-17/h11,15,17H,7-10H2,1-6H3,(H,16,18). The number of nitrogens with one attached hydrogen (secondary N) is 2. The van der Waals surface area contributed by atoms with E-state index < -0.39 is 5.60 Å². The zero-order valence-corrected chi connectivity index (χ0v) is 13.2. The summed E-state index contributed by atoms with van der Waals surface area (Å²) < 4.78 is 5.18. The van der Waals surface area contributed by atoms with Crippen LogP contribution in [-0.2, 0) is 4.74 Å². The van der Waals surface area contributed by atoms with E-state index in [2.05, 4.69) is 10.6 Å². The molecule has 1 amide bonds. The average molecular weight is 274 g/mol. The van der Waals surface area contributed by atoms with E-state index in [0.29, 0.717) is 0 Å². The minimum Gasteiger partial charge on any atom is -0.444 e. The molecule has 0 aliphatic carbocycles. The van der Waals surface area contributed by atoms with Gasteiger partial charge in [-0.2, -0.15) is 0 Å². The Morgan fingerprint density at radius 3 is 2.32 bits per heavy atom. The van der Waals surface area contributed by atoms with E-state index in [4.69, 9.17) is 9.84 Å². The third-order valence-electron chi connectivity index (χ3n) is 2.55. The van der Waals surface area contributed by atoms with Crippen LogP contribution in [0.3, 0.4) is 0 Å². The second-order valence-corrected chi connectivity index (χ2v) is 6.84. The highest BCUT2D eigenvalue weighted by Gasteiger charge is 2.18. The molecule has 0 aromatic rings. The maximum Gasteiger partial charge on any atom is 0.407 e. The number of alkyl carbamates (subject to hydrolysis) is 1. The van der Waals surface area contributed by atoms with Crippen LogP contribution >= 0.6 is 0 Å². The first kappa shape index (κ1) is 18.2. The van der Waals surface area contributed by atoms with Crippen LogP contribution in [0, 0.1) is 5.41 Å². The summed E-state index contributed by atoms with van der Waals surface area (Å²) in [5.74, 6) is 0. The van der Waals surface area contributed by atoms with Gasteiger partial charge in [0, 0.05) is 24.6 Å². The molecule has 0 rings (SSSR count). The fourth-order valence-corrected chi connectivity index (χ4v) is 1.38. The largest absolute Gasteiger partial charge is 0.444 e. The molecule has 0 aliphatic heterocycles. The lowest BCUT2D eigenvalue weighted by Gasteiger charge is -2.24. The highest BCUT2D eigenvalue weighted by Crippen LogP contribution is 2.11. The van der Waals surface area contributed by atoms with Gasteiger partial charge in [-0.15, -0.1) is 0 Å². The molecule has 0 aliphatic rings. The summed E-state index contributed by atoms with van der Waals surface area (Å²) in [6.07, 6.45) is 0.441. The van der Waals surface area contributed by atoms with Gasteiger partial charge in [-0.1, -0.05) is 13.8 Å². The van der Waals surface area contributed by atoms with E-state index in [0.717, 1.165) is 19.5 Å². The smallest absolute Gasteiger partial charge is 0.407 e. The molecule has 0 saturated carbocycles. The fourth-order valence-electron chi connectivity index (χ4n) is 1.38. The topological polar surface area (TPSA) is 70.6 Å². The predicted octanol–water partition coefficient (Wildman–Crippen LogP) is 1.90. The van der Waals surface area contributed by atoms with Gasteiger partial charge in [0.05, 0.1) is 0 Å². The number of hydrogen-bond donors (Lipinski definition) is 3. The third-order valence-corrected chi connectivity index (χ3v) is 2.55. The van der Waals surface area contributed by atoms with Crippen LogP contribution in [-0.4, -0.2) is 42.5 Å². The van der Waals surface area contributed by atoms with Crippen molar-refractivity contribution >= 4 is 6.09 Å². The van der Waals surface area contributed by atoms with Gasteiger partial charge in [0.15, 0.2) is 0 Å². The quantitative estimate of drug-likeness (QED) is 0.620. The molecular weight excluding hydrogens is 244 g/mol. The first-order valence-corrected chi connectivity index (χ1v) is 6.87. The van der Waals surface area contributed by atoms with Gasteiger partial charge in [0.25, 0.3) is 0 Å². The summed E-state index contributed by atoms with van der Waals surface area (Å²) in [4.78, 5) is 11.5. The van der Waals surface area contributed by atoms with Crippen LogP contribution in [0.25, 0.3) is 0 Å². The lowest BCUT2D eigenvalue weighted by molar-refractivity contribution is 0.0506. The predicted molar refractivity (Wildman–Crippen MR) is 77.2 cm³/mol. The van der Waals surface area contributed by atoms with Crippen molar-refractivity contribution in [2.45, 2.75) is 59.6 Å². The van der Waals surface area contributed by atoms with E-state index in [1.807, 2.05) is 41.5 Å². The fraction of sp³-hybridized carbons (Fsp3) is 0.929. The highest BCUT2D eigenvalue weighted by molar-refractivity contribution is 5.67. The Balaban J connectivity index is 3.76. The van der Waals surface area contributed by atoms with Crippen molar-refractivity contribution in [1.82, 2.24) is 10.6 Å². The maximum atomic E-state index is 11.5. The molecular formula is C14H30N2O3. The Morgan fingerprint density at radius 2 is 1.84 bits per heavy atom. The first-order chi connectivity index (χ1) is 8.56. The molecule has 1 unspecified atom stereocenters. The monoisotopic (exact) mass is 274 g/mol. The Bertz CT molecular complexity index is 272. The molecule has 3 N–H and O–H groups in total. The van der Waals surface area contributed by atoms with Crippen LogP contribution in [0.15, 0.2) is 0 Å². The number of aliphatic hydroxyl groups excluding tert-OH is 1. The molecule has 5 heteroatoms. The molecule has 0 aromatic carbocycles. The van der Waals surface area contributed by atoms with Crippen LogP contribution in [0.5, 0.6) is 0 Å². The number of hydrogen-bond acceptors (Lipinski definition) is 4. The van der Waals surface area contributed by atoms with E-state index in [1.165, 1.54) is 0 Å². The van der Waals surface area contributed by atoms with Gasteiger partial charge in [-0.05, 0) is 40.7 Å². The van der Waals surface area contributed by atoms with Crippen LogP contribution in [0.2, 0.25) is 0 Å². The zero-order valence-electron chi connectivity index (χ0n) is 13.2. The molecule has 114 valence electrons. The number of amides is 1. The molecule has 0 heterocycles. The molecule has 0 spiro atoms. The Hall–Kier alpha value is -0.810. The van der Waals surface area contributed by atoms with Crippen molar-refractivity contribution < 1.29 is 14.6 Å². The summed E-state index contributed by atoms with van der Waals surface area (Å²) in [6, 6.07) is 0.0552. The number of rotatable bonds is 7. The Morgan fingerprint density at radius 1 is 1.26 bits per heavy atom. The number of aliphatic hydroxyl groups is 1. The lowest BCUT2D eigenvalue weighted by Crippen LogP contribution is -2.40. The molecule has 0 aromatic heterocycles. The summed E-state index contributed by atoms with van der Waals surface area (Å²) in [6.45, 7) is 13.2. The van der Waals surface area contributed by atoms with Crippen molar-refractivity contribution in [2.75, 3.05) is 19.7 Å². The second-order valence-electron chi connectivity index (χ2n) is 6.84. The third kappa shape index (κ3) is 10.8. The number of carbonyl (C=O) groups is 1. The Labute approximate surface area is 117 Å². The molecule has 0 radical (unpaired) electrons. The van der Waals surface area contributed by atoms with Crippen LogP contribution < -0.4 is 10.6 Å². The van der Waals surface area contributed by atoms with Crippen molar-refractivity contribution in [3.05, 3.63) is 0 Å². The minimum atomic E-state index is -0.465. The molecule has 0 bridgehead atoms. The summed E-state index contributed by atoms with van der Waals surface area (Å²) in [5, 5.41) is 15.2. The van der Waals surface area contributed by atoms with Gasteiger partial charge in [0.2, 0.25) is 0 Å². The number of carbonyl (C=O) groups excluding carboxylic acids is 1. The van der Waals surface area contributed by atoms with Crippen molar-refractivity contribution in [3.8, 4) is 0 Å².